The van der Waals surface area contributed by atoms with Crippen molar-refractivity contribution in [3.8, 4) is 0 Å². The maximum Gasteiger partial charge on any atom is 0.263 e. The van der Waals surface area contributed by atoms with Crippen molar-refractivity contribution in [1.82, 2.24) is 9.79 Å². The number of rotatable bonds is 4. The van der Waals surface area contributed by atoms with E-state index >= 15 is 0 Å². The van der Waals surface area contributed by atoms with Crippen molar-refractivity contribution in [3.05, 3.63) is 27.6 Å². The van der Waals surface area contributed by atoms with Crippen LogP contribution in [0.2, 0.25) is 5.02 Å². The summed E-state index contributed by atoms with van der Waals surface area (Å²) in [5.41, 5.74) is -0.529. The van der Waals surface area contributed by atoms with Crippen LogP contribution in [0.15, 0.2) is 22.2 Å². The Hall–Kier alpha value is -1.55. The minimum Gasteiger partial charge on any atom is -0.345 e. The number of sulfonamides is 1. The SMILES string of the molecule is CN(C)C(=O)c1cc(S(=O)(=O)NO)c(Cl)cc1N=O. The number of nitrogens with zero attached hydrogens (tertiary/aromatic N) is 2. The summed E-state index contributed by atoms with van der Waals surface area (Å²) in [6, 6.07) is 1.81. The van der Waals surface area contributed by atoms with Gasteiger partial charge in [-0.3, -0.25) is 4.79 Å². The third-order valence-electron chi connectivity index (χ3n) is 2.19. The van der Waals surface area contributed by atoms with Gasteiger partial charge in [-0.25, -0.2) is 8.42 Å². The third-order valence-corrected chi connectivity index (χ3v) is 3.78. The first-order valence-corrected chi connectivity index (χ1v) is 6.65. The number of nitroso groups, excluding NO2 is 1. The summed E-state index contributed by atoms with van der Waals surface area (Å²) in [5.74, 6) is -0.624. The van der Waals surface area contributed by atoms with Crippen LogP contribution in [0.5, 0.6) is 0 Å². The normalized spacial score (nSPS) is 11.2. The first-order chi connectivity index (χ1) is 8.74. The topological polar surface area (TPSA) is 116 Å². The molecular formula is C9H10ClN3O5S. The van der Waals surface area contributed by atoms with Crippen LogP contribution in [0.1, 0.15) is 10.4 Å². The van der Waals surface area contributed by atoms with E-state index in [-0.39, 0.29) is 16.3 Å². The number of nitrogens with one attached hydrogen (secondary N) is 1. The highest BCUT2D eigenvalue weighted by atomic mass is 35.5. The summed E-state index contributed by atoms with van der Waals surface area (Å²) in [7, 11) is -1.44. The molecule has 0 aliphatic heterocycles. The average Bonchev–Trinajstić information content (AvgIpc) is 2.36. The summed E-state index contributed by atoms with van der Waals surface area (Å²) in [6.07, 6.45) is 0. The molecule has 19 heavy (non-hydrogen) atoms. The Morgan fingerprint density at radius 2 is 2.00 bits per heavy atom. The number of hydrogen-bond donors (Lipinski definition) is 2. The van der Waals surface area contributed by atoms with Gasteiger partial charge in [-0.05, 0) is 17.3 Å². The smallest absolute Gasteiger partial charge is 0.263 e. The second kappa shape index (κ2) is 5.61. The van der Waals surface area contributed by atoms with E-state index in [9.17, 15) is 18.1 Å². The van der Waals surface area contributed by atoms with Gasteiger partial charge in [-0.15, -0.1) is 4.91 Å². The van der Waals surface area contributed by atoms with E-state index in [4.69, 9.17) is 16.8 Å². The van der Waals surface area contributed by atoms with E-state index < -0.39 is 20.8 Å². The molecule has 0 bridgehead atoms. The molecule has 0 saturated carbocycles. The Morgan fingerprint density at radius 3 is 2.42 bits per heavy atom. The fraction of sp³-hybridized carbons (Fsp3) is 0.222. The molecule has 1 amide bonds. The van der Waals surface area contributed by atoms with Crippen LogP contribution in [0.3, 0.4) is 0 Å². The van der Waals surface area contributed by atoms with Crippen LogP contribution >= 0.6 is 11.6 Å². The molecule has 0 aromatic heterocycles. The maximum atomic E-state index is 11.8. The summed E-state index contributed by atoms with van der Waals surface area (Å²) in [5, 5.41) is 10.8. The maximum absolute atomic E-state index is 11.8. The molecule has 1 rings (SSSR count). The van der Waals surface area contributed by atoms with Crippen molar-refractivity contribution >= 4 is 33.2 Å². The highest BCUT2D eigenvalue weighted by Crippen LogP contribution is 2.30. The van der Waals surface area contributed by atoms with Gasteiger partial charge in [-0.1, -0.05) is 16.5 Å². The number of hydrogen-bond acceptors (Lipinski definition) is 6. The van der Waals surface area contributed by atoms with Crippen molar-refractivity contribution in [2.24, 2.45) is 5.18 Å². The van der Waals surface area contributed by atoms with Gasteiger partial charge in [0.1, 0.15) is 10.6 Å². The van der Waals surface area contributed by atoms with Gasteiger partial charge in [0.15, 0.2) is 0 Å². The van der Waals surface area contributed by atoms with E-state index in [2.05, 4.69) is 5.18 Å². The zero-order valence-electron chi connectivity index (χ0n) is 9.92. The van der Waals surface area contributed by atoms with Crippen LogP contribution in [-0.2, 0) is 10.0 Å². The third kappa shape index (κ3) is 3.07. The van der Waals surface area contributed by atoms with E-state index in [1.165, 1.54) is 14.1 Å². The van der Waals surface area contributed by atoms with Gasteiger partial charge in [-0.2, -0.15) is 0 Å². The zero-order valence-corrected chi connectivity index (χ0v) is 11.5. The van der Waals surface area contributed by atoms with Crippen molar-refractivity contribution in [2.75, 3.05) is 14.1 Å². The summed E-state index contributed by atoms with van der Waals surface area (Å²) >= 11 is 5.67. The first kappa shape index (κ1) is 15.5. The lowest BCUT2D eigenvalue weighted by Gasteiger charge is -2.13. The highest BCUT2D eigenvalue weighted by molar-refractivity contribution is 7.89. The van der Waals surface area contributed by atoms with Gasteiger partial charge >= 0.3 is 0 Å². The molecule has 10 heteroatoms. The van der Waals surface area contributed by atoms with Crippen LogP contribution in [0, 0.1) is 4.91 Å². The molecular weight excluding hydrogens is 298 g/mol. The molecule has 2 N–H and O–H groups in total. The van der Waals surface area contributed by atoms with Crippen LogP contribution in [0.4, 0.5) is 5.69 Å². The first-order valence-electron chi connectivity index (χ1n) is 4.79. The largest absolute Gasteiger partial charge is 0.345 e. The van der Waals surface area contributed by atoms with Gasteiger partial charge in [0.05, 0.1) is 10.6 Å². The number of benzene rings is 1. The van der Waals surface area contributed by atoms with Gasteiger partial charge < -0.3 is 10.1 Å². The Labute approximate surface area is 114 Å². The minimum absolute atomic E-state index is 0.238. The Kier molecular flexibility index (Phi) is 4.58. The second-order valence-electron chi connectivity index (χ2n) is 3.69. The van der Waals surface area contributed by atoms with Crippen LogP contribution < -0.4 is 4.89 Å². The van der Waals surface area contributed by atoms with Crippen molar-refractivity contribution in [3.63, 3.8) is 0 Å². The second-order valence-corrected chi connectivity index (χ2v) is 5.72. The quantitative estimate of drug-likeness (QED) is 0.638. The molecule has 1 aromatic carbocycles. The predicted molar refractivity (Wildman–Crippen MR) is 67.0 cm³/mol. The number of halogens is 1. The molecule has 0 atom stereocenters. The summed E-state index contributed by atoms with van der Waals surface area (Å²) in [4.78, 5) is 24.1. The molecule has 0 radical (unpaired) electrons. The lowest BCUT2D eigenvalue weighted by Crippen LogP contribution is -2.24. The van der Waals surface area contributed by atoms with Crippen LogP contribution in [0.25, 0.3) is 0 Å². The molecule has 0 aliphatic carbocycles. The van der Waals surface area contributed by atoms with E-state index in [0.29, 0.717) is 0 Å². The van der Waals surface area contributed by atoms with Crippen molar-refractivity contribution in [2.45, 2.75) is 4.90 Å². The Balaban J connectivity index is 3.60. The molecule has 0 saturated heterocycles. The predicted octanol–water partition coefficient (Wildman–Crippen LogP) is 1.11. The Morgan fingerprint density at radius 1 is 1.42 bits per heavy atom. The molecule has 8 nitrogen and oxygen atoms in total. The van der Waals surface area contributed by atoms with E-state index in [1.54, 1.807) is 0 Å². The standard InChI is InChI=1S/C9H10ClN3O5S/c1-13(2)9(14)5-3-8(19(17,18)12-16)6(10)4-7(5)11-15/h3-4,12,16H,1-2H3. The molecule has 1 aromatic rings. The average molecular weight is 308 g/mol. The molecule has 0 spiro atoms. The number of carbonyl (C=O) groups is 1. The zero-order chi connectivity index (χ0) is 14.8. The molecule has 0 fully saturated rings. The Bertz CT molecular complexity index is 629. The fourth-order valence-electron chi connectivity index (χ4n) is 1.29. The summed E-state index contributed by atoms with van der Waals surface area (Å²) in [6.45, 7) is 0. The molecule has 0 unspecified atom stereocenters. The lowest BCUT2D eigenvalue weighted by atomic mass is 10.1. The van der Waals surface area contributed by atoms with Crippen molar-refractivity contribution < 1.29 is 18.4 Å². The van der Waals surface area contributed by atoms with Gasteiger partial charge in [0.2, 0.25) is 0 Å². The fourth-order valence-corrected chi connectivity index (χ4v) is 2.44. The molecule has 0 aliphatic rings. The van der Waals surface area contributed by atoms with Gasteiger partial charge in [0.25, 0.3) is 15.9 Å². The monoisotopic (exact) mass is 307 g/mol. The molecule has 104 valence electrons. The number of amides is 1. The number of carbonyl (C=O) groups excluding carboxylic acids is 1. The van der Waals surface area contributed by atoms with E-state index in [0.717, 1.165) is 21.9 Å². The van der Waals surface area contributed by atoms with Gasteiger partial charge in [0, 0.05) is 14.1 Å². The molecule has 0 heterocycles. The minimum atomic E-state index is -4.28. The summed E-state index contributed by atoms with van der Waals surface area (Å²) < 4.78 is 23.0. The highest BCUT2D eigenvalue weighted by Gasteiger charge is 2.23. The lowest BCUT2D eigenvalue weighted by molar-refractivity contribution is 0.0828. The van der Waals surface area contributed by atoms with Crippen LogP contribution in [-0.4, -0.2) is 38.5 Å². The van der Waals surface area contributed by atoms with E-state index in [1.807, 2.05) is 0 Å². The van der Waals surface area contributed by atoms with Crippen molar-refractivity contribution in [1.29, 1.82) is 0 Å².